The molecule has 0 spiro atoms. The Morgan fingerprint density at radius 3 is 1.33 bits per heavy atom. The molecule has 6 aliphatic rings. The Kier molecular flexibility index (Phi) is 9.82. The average molecular weight is 763 g/mol. The van der Waals surface area contributed by atoms with Crippen molar-refractivity contribution in [2.75, 3.05) is 13.2 Å². The number of carbonyl (C=O) groups excluding carboxylic acids is 2. The van der Waals surface area contributed by atoms with Gasteiger partial charge in [0.05, 0.1) is 24.0 Å². The molecule has 12 atom stereocenters. The summed E-state index contributed by atoms with van der Waals surface area (Å²) in [6.07, 6.45) is -7.48. The summed E-state index contributed by atoms with van der Waals surface area (Å²) in [4.78, 5) is 36.8. The Morgan fingerprint density at radius 2 is 0.964 bits per heavy atom. The number of hydrogen-bond acceptors (Lipinski definition) is 14. The van der Waals surface area contributed by atoms with Crippen molar-refractivity contribution < 1.29 is 57.0 Å². The van der Waals surface area contributed by atoms with Crippen LogP contribution in [0.2, 0.25) is 0 Å². The fraction of sp³-hybridized carbons (Fsp3) is 0.610. The molecular weight excluding hydrogens is 712 g/mol. The molecule has 0 N–H and O–H groups in total. The van der Waals surface area contributed by atoms with Crippen LogP contribution in [0, 0.1) is 16.2 Å². The lowest BCUT2D eigenvalue weighted by molar-refractivity contribution is -0.332. The molecule has 6 heterocycles. The molecular formula is C41H50N2O12. The van der Waals surface area contributed by atoms with Gasteiger partial charge in [0.2, 0.25) is 24.4 Å². The number of esters is 2. The van der Waals surface area contributed by atoms with Crippen LogP contribution in [0.15, 0.2) is 70.6 Å². The van der Waals surface area contributed by atoms with Crippen molar-refractivity contribution in [1.82, 2.24) is 0 Å². The van der Waals surface area contributed by atoms with Crippen molar-refractivity contribution in [2.24, 2.45) is 26.2 Å². The molecule has 0 aromatic heterocycles. The summed E-state index contributed by atoms with van der Waals surface area (Å²) in [5.74, 6) is -0.289. The van der Waals surface area contributed by atoms with Crippen LogP contribution in [0.25, 0.3) is 0 Å². The Balaban J connectivity index is 1.08. The van der Waals surface area contributed by atoms with Gasteiger partial charge in [-0.2, -0.15) is 0 Å². The molecule has 6 aliphatic heterocycles. The lowest BCUT2D eigenvalue weighted by Crippen LogP contribution is -2.62. The van der Waals surface area contributed by atoms with Gasteiger partial charge in [0.25, 0.3) is 0 Å². The fourth-order valence-corrected chi connectivity index (χ4v) is 7.28. The third-order valence-corrected chi connectivity index (χ3v) is 10.5. The van der Waals surface area contributed by atoms with Crippen LogP contribution in [0.5, 0.6) is 0 Å². The fourth-order valence-electron chi connectivity index (χ4n) is 7.28. The van der Waals surface area contributed by atoms with Gasteiger partial charge >= 0.3 is 11.9 Å². The van der Waals surface area contributed by atoms with E-state index in [0.29, 0.717) is 0 Å². The highest BCUT2D eigenvalue weighted by Crippen LogP contribution is 2.44. The first kappa shape index (κ1) is 38.0. The van der Waals surface area contributed by atoms with E-state index in [1.54, 1.807) is 41.5 Å². The molecule has 14 nitrogen and oxygen atoms in total. The second kappa shape index (κ2) is 14.2. The second-order valence-electron chi connectivity index (χ2n) is 17.4. The van der Waals surface area contributed by atoms with E-state index >= 15 is 0 Å². The summed E-state index contributed by atoms with van der Waals surface area (Å²) in [6, 6.07) is 17.6. The minimum Gasteiger partial charge on any atom is -0.457 e. The number of hydrogen-bond donors (Lipinski definition) is 0. The van der Waals surface area contributed by atoms with Crippen molar-refractivity contribution in [3.63, 3.8) is 0 Å². The minimum atomic E-state index is -1.07. The van der Waals surface area contributed by atoms with E-state index < -0.39 is 102 Å². The molecule has 2 aromatic rings. The van der Waals surface area contributed by atoms with Crippen LogP contribution in [0.1, 0.15) is 79.1 Å². The quantitative estimate of drug-likeness (QED) is 0.356. The van der Waals surface area contributed by atoms with Gasteiger partial charge in [0.15, 0.2) is 36.9 Å². The van der Waals surface area contributed by atoms with Gasteiger partial charge in [-0.25, -0.2) is 9.98 Å². The van der Waals surface area contributed by atoms with Crippen molar-refractivity contribution in [2.45, 2.75) is 129 Å². The van der Waals surface area contributed by atoms with E-state index in [1.807, 2.05) is 74.5 Å². The number of rotatable bonds is 6. The van der Waals surface area contributed by atoms with Crippen molar-refractivity contribution in [3.05, 3.63) is 71.8 Å². The van der Waals surface area contributed by atoms with E-state index in [9.17, 15) is 9.59 Å². The monoisotopic (exact) mass is 762 g/mol. The van der Waals surface area contributed by atoms with Gasteiger partial charge in [-0.1, -0.05) is 60.7 Å². The maximum Gasteiger partial charge on any atom is 0.311 e. The SMILES string of the molecule is CC(C)(C)C(=O)O[C@@H]1[C@H]2N=C(C(C)(C)C3=N[C@H]4[C@@H](O3)O[C@@H]3CO[C@@H](c5ccccc5)O[C@H]3[C@@H]4OC(=O)C(C)(C)C)O[C@H]2O[C@@H]2CO[C@@H](c3ccccc3)O[C@@H]12. The molecule has 0 aliphatic carbocycles. The first-order valence-electron chi connectivity index (χ1n) is 18.9. The zero-order valence-electron chi connectivity index (χ0n) is 32.4. The summed E-state index contributed by atoms with van der Waals surface area (Å²) < 4.78 is 63.2. The topological polar surface area (TPSA) is 151 Å². The molecule has 14 heteroatoms. The van der Waals surface area contributed by atoms with Gasteiger partial charge in [0, 0.05) is 11.1 Å². The molecule has 4 saturated heterocycles. The number of nitrogens with zero attached hydrogens (tertiary/aromatic N) is 2. The molecule has 0 unspecified atom stereocenters. The molecule has 0 amide bonds. The predicted octanol–water partition coefficient (Wildman–Crippen LogP) is 5.20. The van der Waals surface area contributed by atoms with Gasteiger partial charge in [-0.15, -0.1) is 0 Å². The molecule has 55 heavy (non-hydrogen) atoms. The molecule has 0 saturated carbocycles. The Morgan fingerprint density at radius 1 is 0.582 bits per heavy atom. The number of carbonyl (C=O) groups is 2. The van der Waals surface area contributed by atoms with Gasteiger partial charge in [-0.05, 0) is 55.4 Å². The van der Waals surface area contributed by atoms with Crippen molar-refractivity contribution >= 4 is 23.7 Å². The van der Waals surface area contributed by atoms with E-state index in [0.717, 1.165) is 11.1 Å². The van der Waals surface area contributed by atoms with E-state index in [4.69, 9.17) is 57.4 Å². The molecule has 4 fully saturated rings. The standard InChI is InChI=1S/C41H50N2O12/c1-39(2,3)37(44)52-29-25-33(48-23-19-46-31(50-27(23)29)21-15-11-9-12-16-21)54-35(42-25)41(7,8)36-43-26-30(53-38(45)40(4,5)6)28-24(49-34(26)55-36)20-47-32(51-28)22-17-13-10-14-18-22/h9-18,23-34H,19-20H2,1-8H3/t23-,24-,25-,26-,27-,28-,29-,30-,31-,32-,33-,34-/m1/s1. The molecule has 0 bridgehead atoms. The summed E-state index contributed by atoms with van der Waals surface area (Å²) >= 11 is 0. The smallest absolute Gasteiger partial charge is 0.311 e. The zero-order chi connectivity index (χ0) is 38.9. The van der Waals surface area contributed by atoms with Crippen LogP contribution in [0.4, 0.5) is 0 Å². The number of benzene rings is 2. The highest BCUT2D eigenvalue weighted by molar-refractivity contribution is 6.05. The maximum absolute atomic E-state index is 13.4. The Hall–Kier alpha value is -3.92. The third-order valence-electron chi connectivity index (χ3n) is 10.5. The second-order valence-corrected chi connectivity index (χ2v) is 17.4. The van der Waals surface area contributed by atoms with Crippen molar-refractivity contribution in [3.8, 4) is 0 Å². The zero-order valence-corrected chi connectivity index (χ0v) is 32.4. The van der Waals surface area contributed by atoms with Crippen LogP contribution in [-0.2, 0) is 57.0 Å². The van der Waals surface area contributed by atoms with E-state index in [-0.39, 0.29) is 25.0 Å². The predicted molar refractivity (Wildman–Crippen MR) is 194 cm³/mol. The molecule has 0 radical (unpaired) electrons. The summed E-state index contributed by atoms with van der Waals surface area (Å²) in [7, 11) is 0. The van der Waals surface area contributed by atoms with Crippen LogP contribution < -0.4 is 0 Å². The van der Waals surface area contributed by atoms with Gasteiger partial charge < -0.3 is 47.4 Å². The average Bonchev–Trinajstić information content (AvgIpc) is 3.80. The van der Waals surface area contributed by atoms with Crippen LogP contribution in [0.3, 0.4) is 0 Å². The number of fused-ring (bicyclic) bond motifs is 4. The first-order chi connectivity index (χ1) is 26.1. The highest BCUT2D eigenvalue weighted by atomic mass is 16.8. The van der Waals surface area contributed by atoms with E-state index in [1.165, 1.54) is 0 Å². The van der Waals surface area contributed by atoms with E-state index in [2.05, 4.69) is 0 Å². The summed E-state index contributed by atoms with van der Waals surface area (Å²) in [6.45, 7) is 14.9. The lowest BCUT2D eigenvalue weighted by Gasteiger charge is -2.46. The summed E-state index contributed by atoms with van der Waals surface area (Å²) in [5.41, 5.74) is -0.988. The normalized spacial score (nSPS) is 35.7. The number of aliphatic imine (C=N–C) groups is 2. The van der Waals surface area contributed by atoms with Crippen LogP contribution >= 0.6 is 0 Å². The third kappa shape index (κ3) is 7.28. The molecule has 8 rings (SSSR count). The first-order valence-corrected chi connectivity index (χ1v) is 18.9. The number of ether oxygens (including phenoxy) is 10. The van der Waals surface area contributed by atoms with Crippen LogP contribution in [-0.4, -0.2) is 98.2 Å². The largest absolute Gasteiger partial charge is 0.457 e. The molecule has 2 aromatic carbocycles. The Labute approximate surface area is 320 Å². The summed E-state index contributed by atoms with van der Waals surface area (Å²) in [5, 5.41) is 0. The highest BCUT2D eigenvalue weighted by Gasteiger charge is 2.60. The van der Waals surface area contributed by atoms with Crippen molar-refractivity contribution in [1.29, 1.82) is 0 Å². The lowest BCUT2D eigenvalue weighted by atomic mass is 9.92. The Bertz CT molecular complexity index is 1670. The molecule has 296 valence electrons. The minimum absolute atomic E-state index is 0.184. The van der Waals surface area contributed by atoms with Gasteiger partial charge in [-0.3, -0.25) is 9.59 Å². The van der Waals surface area contributed by atoms with Gasteiger partial charge in [0.1, 0.15) is 29.8 Å². The maximum atomic E-state index is 13.4.